The molecule has 0 aliphatic rings. The van der Waals surface area contributed by atoms with Gasteiger partial charge in [0.05, 0.1) is 18.8 Å². The van der Waals surface area contributed by atoms with E-state index >= 15 is 0 Å². The normalized spacial score (nSPS) is 11.9. The van der Waals surface area contributed by atoms with E-state index in [9.17, 15) is 12.8 Å². The molecule has 158 valence electrons. The second-order valence-corrected chi connectivity index (χ2v) is 8.79. The Bertz CT molecular complexity index is 954. The number of aliphatic imine (C=N–C) groups is 1. The van der Waals surface area contributed by atoms with Crippen LogP contribution >= 0.6 is 11.6 Å². The molecule has 0 fully saturated rings. The Hall–Kier alpha value is -2.39. The number of rotatable bonds is 9. The Labute approximate surface area is 175 Å². The fraction of sp³-hybridized carbons (Fsp3) is 0.368. The molecule has 1 heterocycles. The number of nitrogens with zero attached hydrogens (tertiary/aromatic N) is 2. The lowest BCUT2D eigenvalue weighted by Crippen LogP contribution is -2.39. The van der Waals surface area contributed by atoms with Gasteiger partial charge in [-0.3, -0.25) is 0 Å². The number of guanidine groups is 1. The molecule has 0 bridgehead atoms. The predicted octanol–water partition coefficient (Wildman–Crippen LogP) is 2.55. The highest BCUT2D eigenvalue weighted by Crippen LogP contribution is 2.19. The summed E-state index contributed by atoms with van der Waals surface area (Å²) < 4.78 is 42.4. The molecule has 0 spiro atoms. The van der Waals surface area contributed by atoms with E-state index in [-0.39, 0.29) is 12.3 Å². The maximum absolute atomic E-state index is 13.6. The standard InChI is InChI=1S/C19H24ClFN4O3S/c1-3-22-19(24-9-10-28-18-17(20)5-4-8-23-18)25-12-15-11-16(21)7-6-14(15)13-29(2,26)27/h4-8,11H,3,9-10,12-13H2,1-2H3,(H2,22,24,25). The zero-order chi connectivity index (χ0) is 21.3. The van der Waals surface area contributed by atoms with Crippen molar-refractivity contribution in [2.45, 2.75) is 19.2 Å². The first kappa shape index (κ1) is 22.9. The maximum atomic E-state index is 13.6. The summed E-state index contributed by atoms with van der Waals surface area (Å²) in [7, 11) is -3.24. The third-order valence-corrected chi connectivity index (χ3v) is 4.82. The van der Waals surface area contributed by atoms with E-state index < -0.39 is 15.7 Å². The Morgan fingerprint density at radius 3 is 2.76 bits per heavy atom. The number of hydrogen-bond acceptors (Lipinski definition) is 5. The van der Waals surface area contributed by atoms with Crippen LogP contribution in [0.4, 0.5) is 4.39 Å². The summed E-state index contributed by atoms with van der Waals surface area (Å²) in [6.45, 7) is 3.40. The SMILES string of the molecule is CCNC(=NCc1cc(F)ccc1CS(C)(=O)=O)NCCOc1ncccc1Cl. The second kappa shape index (κ2) is 11.0. The summed E-state index contributed by atoms with van der Waals surface area (Å²) in [6, 6.07) is 7.44. The quantitative estimate of drug-likeness (QED) is 0.352. The molecule has 1 aromatic carbocycles. The van der Waals surface area contributed by atoms with Crippen molar-refractivity contribution >= 4 is 27.4 Å². The number of benzene rings is 1. The van der Waals surface area contributed by atoms with Crippen LogP contribution in [0.2, 0.25) is 5.02 Å². The molecule has 1 aromatic heterocycles. The van der Waals surface area contributed by atoms with E-state index in [2.05, 4.69) is 20.6 Å². The van der Waals surface area contributed by atoms with E-state index in [1.54, 1.807) is 18.3 Å². The van der Waals surface area contributed by atoms with Gasteiger partial charge in [0.2, 0.25) is 5.88 Å². The van der Waals surface area contributed by atoms with Gasteiger partial charge in [-0.25, -0.2) is 22.8 Å². The van der Waals surface area contributed by atoms with Gasteiger partial charge < -0.3 is 15.4 Å². The zero-order valence-corrected chi connectivity index (χ0v) is 17.9. The molecule has 0 unspecified atom stereocenters. The van der Waals surface area contributed by atoms with Crippen molar-refractivity contribution in [1.82, 2.24) is 15.6 Å². The van der Waals surface area contributed by atoms with E-state index in [1.165, 1.54) is 18.2 Å². The molecule has 29 heavy (non-hydrogen) atoms. The van der Waals surface area contributed by atoms with E-state index in [0.717, 1.165) is 6.26 Å². The number of halogens is 2. The van der Waals surface area contributed by atoms with Crippen molar-refractivity contribution in [3.8, 4) is 5.88 Å². The number of nitrogens with one attached hydrogen (secondary N) is 2. The Balaban J connectivity index is 2.00. The molecule has 2 aromatic rings. The van der Waals surface area contributed by atoms with Gasteiger partial charge in [-0.05, 0) is 42.3 Å². The number of sulfone groups is 1. The monoisotopic (exact) mass is 442 g/mol. The van der Waals surface area contributed by atoms with Crippen LogP contribution in [-0.4, -0.2) is 45.3 Å². The van der Waals surface area contributed by atoms with Crippen LogP contribution in [0.15, 0.2) is 41.5 Å². The van der Waals surface area contributed by atoms with Gasteiger partial charge in [0, 0.05) is 19.0 Å². The highest BCUT2D eigenvalue weighted by molar-refractivity contribution is 7.89. The molecule has 0 amide bonds. The first-order chi connectivity index (χ1) is 13.8. The summed E-state index contributed by atoms with van der Waals surface area (Å²) in [5.74, 6) is 0.243. The third-order valence-electron chi connectivity index (χ3n) is 3.70. The lowest BCUT2D eigenvalue weighted by atomic mass is 10.1. The molecule has 0 saturated heterocycles. The summed E-state index contributed by atoms with van der Waals surface area (Å²) in [5, 5.41) is 6.60. The van der Waals surface area contributed by atoms with Crippen molar-refractivity contribution in [3.63, 3.8) is 0 Å². The predicted molar refractivity (Wildman–Crippen MR) is 113 cm³/mol. The minimum absolute atomic E-state index is 0.130. The summed E-state index contributed by atoms with van der Waals surface area (Å²) in [6.07, 6.45) is 2.73. The van der Waals surface area contributed by atoms with Gasteiger partial charge in [0.15, 0.2) is 15.8 Å². The summed E-state index contributed by atoms with van der Waals surface area (Å²) in [5.41, 5.74) is 1.05. The van der Waals surface area contributed by atoms with Gasteiger partial charge in [0.25, 0.3) is 0 Å². The molecule has 0 radical (unpaired) electrons. The average molecular weight is 443 g/mol. The maximum Gasteiger partial charge on any atom is 0.232 e. The van der Waals surface area contributed by atoms with Gasteiger partial charge in [-0.15, -0.1) is 0 Å². The first-order valence-corrected chi connectivity index (χ1v) is 11.4. The van der Waals surface area contributed by atoms with Gasteiger partial charge >= 0.3 is 0 Å². The molecule has 0 atom stereocenters. The van der Waals surface area contributed by atoms with Gasteiger partial charge in [0.1, 0.15) is 17.4 Å². The minimum Gasteiger partial charge on any atom is -0.475 e. The van der Waals surface area contributed by atoms with Crippen LogP contribution in [0.3, 0.4) is 0 Å². The van der Waals surface area contributed by atoms with E-state index in [1.807, 2.05) is 6.92 Å². The lowest BCUT2D eigenvalue weighted by Gasteiger charge is -2.13. The Morgan fingerprint density at radius 2 is 2.07 bits per heavy atom. The van der Waals surface area contributed by atoms with Gasteiger partial charge in [-0.2, -0.15) is 0 Å². The highest BCUT2D eigenvalue weighted by atomic mass is 35.5. The molecule has 0 aliphatic carbocycles. The van der Waals surface area contributed by atoms with Crippen molar-refractivity contribution in [2.24, 2.45) is 4.99 Å². The summed E-state index contributed by atoms with van der Waals surface area (Å²) in [4.78, 5) is 8.46. The van der Waals surface area contributed by atoms with Crippen LogP contribution in [0.5, 0.6) is 5.88 Å². The molecule has 7 nitrogen and oxygen atoms in total. The lowest BCUT2D eigenvalue weighted by molar-refractivity contribution is 0.310. The van der Waals surface area contributed by atoms with Crippen molar-refractivity contribution in [2.75, 3.05) is 26.0 Å². The van der Waals surface area contributed by atoms with E-state index in [4.69, 9.17) is 16.3 Å². The molecule has 2 rings (SSSR count). The van der Waals surface area contributed by atoms with Crippen LogP contribution in [0.1, 0.15) is 18.1 Å². The zero-order valence-electron chi connectivity index (χ0n) is 16.3. The van der Waals surface area contributed by atoms with Crippen LogP contribution in [0.25, 0.3) is 0 Å². The van der Waals surface area contributed by atoms with Crippen molar-refractivity contribution < 1.29 is 17.5 Å². The minimum atomic E-state index is -3.24. The number of aromatic nitrogens is 1. The third kappa shape index (κ3) is 8.25. The molecule has 10 heteroatoms. The Morgan fingerprint density at radius 1 is 1.28 bits per heavy atom. The number of ether oxygens (including phenoxy) is 1. The molecule has 2 N–H and O–H groups in total. The van der Waals surface area contributed by atoms with E-state index in [0.29, 0.717) is 47.7 Å². The van der Waals surface area contributed by atoms with Crippen LogP contribution in [0, 0.1) is 5.82 Å². The second-order valence-electron chi connectivity index (χ2n) is 6.24. The van der Waals surface area contributed by atoms with Crippen molar-refractivity contribution in [1.29, 1.82) is 0 Å². The smallest absolute Gasteiger partial charge is 0.232 e. The van der Waals surface area contributed by atoms with Crippen LogP contribution in [-0.2, 0) is 22.1 Å². The first-order valence-electron chi connectivity index (χ1n) is 8.99. The van der Waals surface area contributed by atoms with Crippen molar-refractivity contribution in [3.05, 3.63) is 58.5 Å². The van der Waals surface area contributed by atoms with Crippen LogP contribution < -0.4 is 15.4 Å². The fourth-order valence-electron chi connectivity index (χ4n) is 2.47. The summed E-state index contributed by atoms with van der Waals surface area (Å²) >= 11 is 5.99. The molecular weight excluding hydrogens is 419 g/mol. The molecule has 0 aliphatic heterocycles. The number of pyridine rings is 1. The molecular formula is C19H24ClFN4O3S. The number of hydrogen-bond donors (Lipinski definition) is 2. The Kier molecular flexibility index (Phi) is 8.66. The van der Waals surface area contributed by atoms with Gasteiger partial charge in [-0.1, -0.05) is 17.7 Å². The topological polar surface area (TPSA) is 92.7 Å². The fourth-order valence-corrected chi connectivity index (χ4v) is 3.49. The highest BCUT2D eigenvalue weighted by Gasteiger charge is 2.11. The molecule has 0 saturated carbocycles. The largest absolute Gasteiger partial charge is 0.475 e. The average Bonchev–Trinajstić information content (AvgIpc) is 2.65.